The molecule has 0 unspecified atom stereocenters. The summed E-state index contributed by atoms with van der Waals surface area (Å²) in [4.78, 5) is 28.3. The number of carbonyl (C=O) groups excluding carboxylic acids is 2. The predicted molar refractivity (Wildman–Crippen MR) is 146 cm³/mol. The summed E-state index contributed by atoms with van der Waals surface area (Å²) in [7, 11) is 3.04. The third kappa shape index (κ3) is 7.04. The third-order valence-corrected chi connectivity index (χ3v) is 5.91. The molecule has 3 aromatic rings. The van der Waals surface area contributed by atoms with E-state index in [1.807, 2.05) is 32.0 Å². The summed E-state index contributed by atoms with van der Waals surface area (Å²) in [6.45, 7) is 10.4. The molecule has 0 bridgehead atoms. The van der Waals surface area contributed by atoms with Gasteiger partial charge in [-0.05, 0) is 42.3 Å². The number of nitrogens with one attached hydrogen (secondary N) is 1. The van der Waals surface area contributed by atoms with Crippen molar-refractivity contribution in [2.75, 3.05) is 32.6 Å². The van der Waals surface area contributed by atoms with Crippen LogP contribution in [-0.2, 0) is 10.2 Å². The van der Waals surface area contributed by atoms with E-state index in [2.05, 4.69) is 26.1 Å². The number of anilines is 1. The molecule has 0 saturated carbocycles. The van der Waals surface area contributed by atoms with E-state index >= 15 is 0 Å². The number of nitrogens with zero attached hydrogens (tertiary/aromatic N) is 3. The van der Waals surface area contributed by atoms with Gasteiger partial charge >= 0.3 is 0 Å². The first kappa shape index (κ1) is 28.1. The molecule has 198 valence electrons. The number of hydrogen-bond donors (Lipinski definition) is 1. The second kappa shape index (κ2) is 11.7. The van der Waals surface area contributed by atoms with Gasteiger partial charge in [0, 0.05) is 29.1 Å². The van der Waals surface area contributed by atoms with E-state index in [9.17, 15) is 9.59 Å². The number of aromatic nitrogens is 2. The third-order valence-electron chi connectivity index (χ3n) is 5.66. The van der Waals surface area contributed by atoms with Crippen molar-refractivity contribution in [2.24, 2.45) is 5.92 Å². The Morgan fingerprint density at radius 3 is 2.30 bits per heavy atom. The van der Waals surface area contributed by atoms with Crippen LogP contribution in [0.2, 0.25) is 5.02 Å². The Hall–Kier alpha value is -3.52. The smallest absolute Gasteiger partial charge is 0.258 e. The van der Waals surface area contributed by atoms with Gasteiger partial charge in [-0.1, -0.05) is 46.2 Å². The van der Waals surface area contributed by atoms with Crippen LogP contribution in [0.15, 0.2) is 48.5 Å². The zero-order valence-electron chi connectivity index (χ0n) is 22.5. The molecular weight excluding hydrogens is 492 g/mol. The van der Waals surface area contributed by atoms with Crippen LogP contribution in [0.4, 0.5) is 5.82 Å². The van der Waals surface area contributed by atoms with Crippen LogP contribution in [0.25, 0.3) is 5.69 Å². The van der Waals surface area contributed by atoms with Gasteiger partial charge in [-0.15, -0.1) is 0 Å². The Morgan fingerprint density at radius 1 is 1.05 bits per heavy atom. The van der Waals surface area contributed by atoms with E-state index < -0.39 is 0 Å². The molecule has 1 heterocycles. The summed E-state index contributed by atoms with van der Waals surface area (Å²) < 4.78 is 12.3. The fourth-order valence-corrected chi connectivity index (χ4v) is 3.90. The molecule has 1 N–H and O–H groups in total. The topological polar surface area (TPSA) is 85.7 Å². The molecule has 0 atom stereocenters. The Bertz CT molecular complexity index is 1250. The lowest BCUT2D eigenvalue weighted by molar-refractivity contribution is -0.117. The van der Waals surface area contributed by atoms with Gasteiger partial charge in [-0.3, -0.25) is 9.59 Å². The summed E-state index contributed by atoms with van der Waals surface area (Å²) in [6.07, 6.45) is 0. The van der Waals surface area contributed by atoms with Crippen LogP contribution < -0.4 is 14.8 Å². The molecule has 0 aliphatic carbocycles. The molecular formula is C28H35ClN4O4. The van der Waals surface area contributed by atoms with Gasteiger partial charge in [0.15, 0.2) is 0 Å². The van der Waals surface area contributed by atoms with E-state index in [1.54, 1.807) is 42.1 Å². The van der Waals surface area contributed by atoms with Gasteiger partial charge in [0.2, 0.25) is 5.91 Å². The predicted octanol–water partition coefficient (Wildman–Crippen LogP) is 5.58. The van der Waals surface area contributed by atoms with E-state index in [1.165, 1.54) is 12.0 Å². The van der Waals surface area contributed by atoms with Crippen LogP contribution in [0.1, 0.15) is 50.7 Å². The normalized spacial score (nSPS) is 11.4. The van der Waals surface area contributed by atoms with E-state index in [0.717, 1.165) is 11.4 Å². The Morgan fingerprint density at radius 2 is 1.73 bits per heavy atom. The van der Waals surface area contributed by atoms with Crippen molar-refractivity contribution >= 4 is 29.2 Å². The first-order valence-corrected chi connectivity index (χ1v) is 12.5. The maximum Gasteiger partial charge on any atom is 0.258 e. The molecule has 37 heavy (non-hydrogen) atoms. The van der Waals surface area contributed by atoms with Gasteiger partial charge in [-0.25, -0.2) is 4.68 Å². The minimum atomic E-state index is -0.336. The van der Waals surface area contributed by atoms with E-state index in [0.29, 0.717) is 34.4 Å². The molecule has 9 heteroatoms. The fourth-order valence-electron chi connectivity index (χ4n) is 3.78. The average Bonchev–Trinajstić information content (AvgIpc) is 3.27. The highest BCUT2D eigenvalue weighted by Crippen LogP contribution is 2.28. The number of methoxy groups -OCH3 is 2. The summed E-state index contributed by atoms with van der Waals surface area (Å²) >= 11 is 6.07. The second-order valence-electron chi connectivity index (χ2n) is 10.2. The summed E-state index contributed by atoms with van der Waals surface area (Å²) in [5.41, 5.74) is 1.70. The van der Waals surface area contributed by atoms with Crippen LogP contribution in [0.3, 0.4) is 0 Å². The molecule has 0 aliphatic heterocycles. The number of benzene rings is 2. The second-order valence-corrected chi connectivity index (χ2v) is 10.7. The van der Waals surface area contributed by atoms with Crippen molar-refractivity contribution in [3.8, 4) is 17.2 Å². The number of amides is 2. The highest BCUT2D eigenvalue weighted by atomic mass is 35.5. The molecule has 0 radical (unpaired) electrons. The Labute approximate surface area is 223 Å². The zero-order valence-corrected chi connectivity index (χ0v) is 23.2. The first-order chi connectivity index (χ1) is 17.4. The standard InChI is InChI=1S/C28H35ClN4O4/c1-18(2)16-32(27(35)22-13-12-21(36-6)14-23(22)37-7)17-26(34)30-25-15-24(28(3,4)5)31-33(25)20-10-8-19(29)9-11-20/h8-15,18H,16-17H2,1-7H3,(H,30,34). The molecule has 8 nitrogen and oxygen atoms in total. The number of ether oxygens (including phenoxy) is 2. The van der Waals surface area contributed by atoms with Crippen molar-refractivity contribution < 1.29 is 19.1 Å². The molecule has 3 rings (SSSR count). The van der Waals surface area contributed by atoms with Crippen molar-refractivity contribution in [1.29, 1.82) is 0 Å². The number of halogens is 1. The summed E-state index contributed by atoms with van der Waals surface area (Å²) in [5.74, 6) is 0.979. The monoisotopic (exact) mass is 526 g/mol. The number of hydrogen-bond acceptors (Lipinski definition) is 5. The largest absolute Gasteiger partial charge is 0.497 e. The number of carbonyl (C=O) groups is 2. The Balaban J connectivity index is 1.89. The lowest BCUT2D eigenvalue weighted by Gasteiger charge is -2.25. The first-order valence-electron chi connectivity index (χ1n) is 12.1. The minimum Gasteiger partial charge on any atom is -0.497 e. The van der Waals surface area contributed by atoms with Gasteiger partial charge in [0.1, 0.15) is 23.9 Å². The molecule has 2 amide bonds. The van der Waals surface area contributed by atoms with Crippen LogP contribution in [0, 0.1) is 5.92 Å². The fraction of sp³-hybridized carbons (Fsp3) is 0.393. The molecule has 1 aromatic heterocycles. The van der Waals surface area contributed by atoms with E-state index in [4.69, 9.17) is 26.2 Å². The Kier molecular flexibility index (Phi) is 8.86. The minimum absolute atomic E-state index is 0.136. The average molecular weight is 527 g/mol. The highest BCUT2D eigenvalue weighted by molar-refractivity contribution is 6.30. The maximum atomic E-state index is 13.5. The highest BCUT2D eigenvalue weighted by Gasteiger charge is 2.25. The van der Waals surface area contributed by atoms with Gasteiger partial charge in [-0.2, -0.15) is 5.10 Å². The summed E-state index contributed by atoms with van der Waals surface area (Å²) in [6, 6.07) is 14.1. The van der Waals surface area contributed by atoms with Crippen LogP contribution in [-0.4, -0.2) is 53.8 Å². The maximum absolute atomic E-state index is 13.5. The zero-order chi connectivity index (χ0) is 27.3. The quantitative estimate of drug-likeness (QED) is 0.393. The molecule has 2 aromatic carbocycles. The molecule has 0 spiro atoms. The summed E-state index contributed by atoms with van der Waals surface area (Å²) in [5, 5.41) is 8.30. The molecule has 0 aliphatic rings. The lowest BCUT2D eigenvalue weighted by Crippen LogP contribution is -2.40. The molecule has 0 saturated heterocycles. The van der Waals surface area contributed by atoms with E-state index in [-0.39, 0.29) is 29.7 Å². The van der Waals surface area contributed by atoms with Crippen molar-refractivity contribution in [1.82, 2.24) is 14.7 Å². The van der Waals surface area contributed by atoms with Crippen molar-refractivity contribution in [3.05, 3.63) is 64.8 Å². The lowest BCUT2D eigenvalue weighted by atomic mass is 9.92. The van der Waals surface area contributed by atoms with Gasteiger partial charge < -0.3 is 19.7 Å². The van der Waals surface area contributed by atoms with Crippen LogP contribution in [0.5, 0.6) is 11.5 Å². The van der Waals surface area contributed by atoms with Crippen LogP contribution >= 0.6 is 11.6 Å². The molecule has 0 fully saturated rings. The number of rotatable bonds is 9. The SMILES string of the molecule is COc1ccc(C(=O)N(CC(=O)Nc2cc(C(C)(C)C)nn2-c2ccc(Cl)cc2)CC(C)C)c(OC)c1. The van der Waals surface area contributed by atoms with Gasteiger partial charge in [0.05, 0.1) is 31.2 Å². The van der Waals surface area contributed by atoms with Crippen molar-refractivity contribution in [2.45, 2.75) is 40.0 Å². The van der Waals surface area contributed by atoms with Crippen molar-refractivity contribution in [3.63, 3.8) is 0 Å². The van der Waals surface area contributed by atoms with Gasteiger partial charge in [0.25, 0.3) is 5.91 Å².